The van der Waals surface area contributed by atoms with Gasteiger partial charge in [-0.15, -0.1) is 10.2 Å². The number of aromatic nitrogens is 3. The first-order valence-corrected chi connectivity index (χ1v) is 11.0. The topological polar surface area (TPSA) is 59.8 Å². The van der Waals surface area contributed by atoms with Gasteiger partial charge in [0.25, 0.3) is 0 Å². The van der Waals surface area contributed by atoms with Gasteiger partial charge in [-0.25, -0.2) is 0 Å². The molecule has 6 heteroatoms. The van der Waals surface area contributed by atoms with E-state index in [1.807, 2.05) is 49.4 Å². The molecule has 152 valence electrons. The second-order valence-corrected chi connectivity index (χ2v) is 8.42. The van der Waals surface area contributed by atoms with E-state index in [1.165, 1.54) is 11.8 Å². The Kier molecular flexibility index (Phi) is 7.09. The minimum absolute atomic E-state index is 0.0284. The van der Waals surface area contributed by atoms with Crippen LogP contribution in [-0.4, -0.2) is 26.4 Å². The average molecular weight is 409 g/mol. The van der Waals surface area contributed by atoms with Crippen molar-refractivity contribution in [2.24, 2.45) is 5.92 Å². The molecule has 1 amide bonds. The highest BCUT2D eigenvalue weighted by Gasteiger charge is 2.17. The fourth-order valence-electron chi connectivity index (χ4n) is 3.23. The number of nitrogens with one attached hydrogen (secondary N) is 1. The second-order valence-electron chi connectivity index (χ2n) is 7.48. The van der Waals surface area contributed by atoms with Crippen LogP contribution in [0.2, 0.25) is 0 Å². The van der Waals surface area contributed by atoms with Gasteiger partial charge < -0.3 is 9.88 Å². The standard InChI is InChI=1S/C23H28N4OS/c1-5-18-13-9-10-17(4)21(18)24-20(28)15-29-23-26-25-22(27(23)14-16(2)3)19-11-7-6-8-12-19/h6-13,16H,5,14-15H2,1-4H3,(H,24,28). The smallest absolute Gasteiger partial charge is 0.234 e. The maximum atomic E-state index is 12.6. The van der Waals surface area contributed by atoms with Crippen molar-refractivity contribution in [3.63, 3.8) is 0 Å². The normalized spacial score (nSPS) is 11.1. The predicted octanol–water partition coefficient (Wildman–Crippen LogP) is 5.20. The number of benzene rings is 2. The number of thioether (sulfide) groups is 1. The van der Waals surface area contributed by atoms with Crippen LogP contribution in [0.15, 0.2) is 53.7 Å². The number of hydrogen-bond acceptors (Lipinski definition) is 4. The van der Waals surface area contributed by atoms with Crippen molar-refractivity contribution in [1.29, 1.82) is 0 Å². The van der Waals surface area contributed by atoms with E-state index in [9.17, 15) is 4.79 Å². The van der Waals surface area contributed by atoms with E-state index in [0.29, 0.717) is 11.7 Å². The van der Waals surface area contributed by atoms with Crippen molar-refractivity contribution in [3.8, 4) is 11.4 Å². The van der Waals surface area contributed by atoms with Crippen LogP contribution in [0.25, 0.3) is 11.4 Å². The molecule has 0 aliphatic heterocycles. The molecule has 0 atom stereocenters. The number of rotatable bonds is 8. The molecule has 2 aromatic carbocycles. The predicted molar refractivity (Wildman–Crippen MR) is 120 cm³/mol. The number of aryl methyl sites for hydroxylation is 2. The summed E-state index contributed by atoms with van der Waals surface area (Å²) in [6.45, 7) is 9.26. The molecular formula is C23H28N4OS. The van der Waals surface area contributed by atoms with E-state index >= 15 is 0 Å². The van der Waals surface area contributed by atoms with E-state index in [0.717, 1.165) is 46.3 Å². The van der Waals surface area contributed by atoms with Crippen molar-refractivity contribution in [2.45, 2.75) is 45.8 Å². The summed E-state index contributed by atoms with van der Waals surface area (Å²) < 4.78 is 2.11. The largest absolute Gasteiger partial charge is 0.325 e. The molecule has 1 aromatic heterocycles. The number of carbonyl (C=O) groups excluding carboxylic acids is 1. The molecule has 0 unspecified atom stereocenters. The highest BCUT2D eigenvalue weighted by molar-refractivity contribution is 7.99. The monoisotopic (exact) mass is 408 g/mol. The van der Waals surface area contributed by atoms with Crippen molar-refractivity contribution in [3.05, 3.63) is 59.7 Å². The van der Waals surface area contributed by atoms with E-state index in [1.54, 1.807) is 0 Å². The Balaban J connectivity index is 1.75. The van der Waals surface area contributed by atoms with Gasteiger partial charge in [-0.1, -0.05) is 81.1 Å². The maximum absolute atomic E-state index is 12.6. The Bertz CT molecular complexity index is 966. The summed E-state index contributed by atoms with van der Waals surface area (Å²) in [7, 11) is 0. The van der Waals surface area contributed by atoms with Crippen LogP contribution in [0.1, 0.15) is 31.9 Å². The highest BCUT2D eigenvalue weighted by Crippen LogP contribution is 2.26. The molecule has 0 fully saturated rings. The van der Waals surface area contributed by atoms with Crippen LogP contribution < -0.4 is 5.32 Å². The van der Waals surface area contributed by atoms with Gasteiger partial charge in [-0.2, -0.15) is 0 Å². The third-order valence-corrected chi connectivity index (χ3v) is 5.60. The lowest BCUT2D eigenvalue weighted by molar-refractivity contribution is -0.113. The molecule has 29 heavy (non-hydrogen) atoms. The van der Waals surface area contributed by atoms with Crippen LogP contribution in [0.5, 0.6) is 0 Å². The summed E-state index contributed by atoms with van der Waals surface area (Å²) in [4.78, 5) is 12.6. The molecule has 3 aromatic rings. The van der Waals surface area contributed by atoms with Gasteiger partial charge >= 0.3 is 0 Å². The molecule has 0 aliphatic rings. The lowest BCUT2D eigenvalue weighted by Gasteiger charge is -2.14. The van der Waals surface area contributed by atoms with Gasteiger partial charge in [0, 0.05) is 17.8 Å². The van der Waals surface area contributed by atoms with E-state index in [4.69, 9.17) is 0 Å². The van der Waals surface area contributed by atoms with Crippen LogP contribution >= 0.6 is 11.8 Å². The van der Waals surface area contributed by atoms with Crippen molar-refractivity contribution in [1.82, 2.24) is 14.8 Å². The summed E-state index contributed by atoms with van der Waals surface area (Å²) >= 11 is 1.43. The number of nitrogens with zero attached hydrogens (tertiary/aromatic N) is 3. The van der Waals surface area contributed by atoms with Gasteiger partial charge in [0.05, 0.1) is 5.75 Å². The van der Waals surface area contributed by atoms with Crippen LogP contribution in [0, 0.1) is 12.8 Å². The molecule has 1 heterocycles. The first kappa shape index (κ1) is 21.1. The third kappa shape index (κ3) is 5.26. The molecular weight excluding hydrogens is 380 g/mol. The Morgan fingerprint density at radius 1 is 1.10 bits per heavy atom. The molecule has 0 bridgehead atoms. The van der Waals surface area contributed by atoms with E-state index in [2.05, 4.69) is 46.9 Å². The number of carbonyl (C=O) groups is 1. The Hall–Kier alpha value is -2.60. The Morgan fingerprint density at radius 3 is 2.55 bits per heavy atom. The fraction of sp³-hybridized carbons (Fsp3) is 0.348. The summed E-state index contributed by atoms with van der Waals surface area (Å²) in [6.07, 6.45) is 0.883. The Labute approximate surface area is 176 Å². The quantitative estimate of drug-likeness (QED) is 0.520. The fourth-order valence-corrected chi connectivity index (χ4v) is 3.98. The number of hydrogen-bond donors (Lipinski definition) is 1. The lowest BCUT2D eigenvalue weighted by atomic mass is 10.1. The molecule has 0 saturated heterocycles. The van der Waals surface area contributed by atoms with Gasteiger partial charge in [0.2, 0.25) is 5.91 Å². The molecule has 0 saturated carbocycles. The van der Waals surface area contributed by atoms with Crippen LogP contribution in [0.4, 0.5) is 5.69 Å². The minimum atomic E-state index is -0.0284. The van der Waals surface area contributed by atoms with E-state index in [-0.39, 0.29) is 5.91 Å². The van der Waals surface area contributed by atoms with Crippen LogP contribution in [-0.2, 0) is 17.8 Å². The first-order chi connectivity index (χ1) is 14.0. The van der Waals surface area contributed by atoms with Gasteiger partial charge in [-0.05, 0) is 30.4 Å². The average Bonchev–Trinajstić information content (AvgIpc) is 3.10. The van der Waals surface area contributed by atoms with Crippen molar-refractivity contribution >= 4 is 23.4 Å². The molecule has 1 N–H and O–H groups in total. The van der Waals surface area contributed by atoms with Crippen molar-refractivity contribution in [2.75, 3.05) is 11.1 Å². The maximum Gasteiger partial charge on any atom is 0.234 e. The molecule has 5 nitrogen and oxygen atoms in total. The Morgan fingerprint density at radius 2 is 1.86 bits per heavy atom. The molecule has 0 aliphatic carbocycles. The van der Waals surface area contributed by atoms with Crippen molar-refractivity contribution < 1.29 is 4.79 Å². The second kappa shape index (κ2) is 9.74. The summed E-state index contributed by atoms with van der Waals surface area (Å²) in [5.41, 5.74) is 4.19. The SMILES string of the molecule is CCc1cccc(C)c1NC(=O)CSc1nnc(-c2ccccc2)n1CC(C)C. The minimum Gasteiger partial charge on any atom is -0.325 e. The first-order valence-electron chi connectivity index (χ1n) is 9.99. The molecule has 0 radical (unpaired) electrons. The number of anilines is 1. The van der Waals surface area contributed by atoms with Gasteiger partial charge in [0.1, 0.15) is 0 Å². The number of amides is 1. The lowest BCUT2D eigenvalue weighted by Crippen LogP contribution is -2.17. The molecule has 3 rings (SSSR count). The molecule has 0 spiro atoms. The summed E-state index contributed by atoms with van der Waals surface area (Å²) in [6, 6.07) is 16.2. The zero-order valence-electron chi connectivity index (χ0n) is 17.5. The number of para-hydroxylation sites is 1. The van der Waals surface area contributed by atoms with E-state index < -0.39 is 0 Å². The summed E-state index contributed by atoms with van der Waals surface area (Å²) in [5.74, 6) is 1.55. The third-order valence-electron chi connectivity index (χ3n) is 4.63. The summed E-state index contributed by atoms with van der Waals surface area (Å²) in [5, 5.41) is 12.6. The van der Waals surface area contributed by atoms with Gasteiger partial charge in [0.15, 0.2) is 11.0 Å². The van der Waals surface area contributed by atoms with Gasteiger partial charge in [-0.3, -0.25) is 4.79 Å². The highest BCUT2D eigenvalue weighted by atomic mass is 32.2. The zero-order chi connectivity index (χ0) is 20.8. The zero-order valence-corrected chi connectivity index (χ0v) is 18.3. The van der Waals surface area contributed by atoms with Crippen LogP contribution in [0.3, 0.4) is 0 Å².